The van der Waals surface area contributed by atoms with Gasteiger partial charge in [0.25, 0.3) is 0 Å². The second-order valence-corrected chi connectivity index (χ2v) is 6.42. The Morgan fingerprint density at radius 1 is 0.963 bits per heavy atom. The fraction of sp³-hybridized carbons (Fsp3) is 0.364. The fourth-order valence-corrected chi connectivity index (χ4v) is 3.24. The quantitative estimate of drug-likeness (QED) is 0.702. The highest BCUT2D eigenvalue weighted by atomic mass is 16.7. The molecule has 144 valence electrons. The van der Waals surface area contributed by atoms with Crippen molar-refractivity contribution in [2.24, 2.45) is 0 Å². The predicted octanol–water partition coefficient (Wildman–Crippen LogP) is 4.78. The van der Waals surface area contributed by atoms with Crippen LogP contribution >= 0.6 is 0 Å². The van der Waals surface area contributed by atoms with Gasteiger partial charge in [-0.2, -0.15) is 0 Å². The highest BCUT2D eigenvalue weighted by Crippen LogP contribution is 2.45. The van der Waals surface area contributed by atoms with Gasteiger partial charge in [0.15, 0.2) is 23.0 Å². The Bertz CT molecular complexity index is 828. The summed E-state index contributed by atoms with van der Waals surface area (Å²) >= 11 is 0. The molecule has 1 aliphatic rings. The summed E-state index contributed by atoms with van der Waals surface area (Å²) in [6, 6.07) is 9.84. The highest BCUT2D eigenvalue weighted by Gasteiger charge is 2.34. The van der Waals surface area contributed by atoms with Gasteiger partial charge in [-0.1, -0.05) is 25.1 Å². The summed E-state index contributed by atoms with van der Waals surface area (Å²) in [6.45, 7) is 4.51. The SMILES string of the molecule is CC=Cc1cc(OC)c2c(c1)[C@@H](C)[C@H](OCc1ccc(OC)c(OC)c1)O2. The number of fused-ring (bicyclic) bond motifs is 1. The third kappa shape index (κ3) is 3.88. The monoisotopic (exact) mass is 370 g/mol. The molecule has 2 aromatic carbocycles. The van der Waals surface area contributed by atoms with Gasteiger partial charge in [-0.05, 0) is 42.3 Å². The molecule has 0 N–H and O–H groups in total. The van der Waals surface area contributed by atoms with E-state index in [1.165, 1.54) is 0 Å². The molecule has 0 saturated heterocycles. The standard InChI is InChI=1S/C22H26O5/c1-6-7-15-10-17-14(2)22(27-21(17)20(11-15)25-5)26-13-16-8-9-18(23-3)19(12-16)24-4/h6-12,14,22H,13H2,1-5H3/t14-,22-/m1/s1. The Kier molecular flexibility index (Phi) is 5.91. The number of benzene rings is 2. The second-order valence-electron chi connectivity index (χ2n) is 6.42. The van der Waals surface area contributed by atoms with Crippen molar-refractivity contribution in [3.63, 3.8) is 0 Å². The van der Waals surface area contributed by atoms with Crippen LogP contribution in [0.25, 0.3) is 6.08 Å². The van der Waals surface area contributed by atoms with Gasteiger partial charge in [0.1, 0.15) is 0 Å². The zero-order valence-corrected chi connectivity index (χ0v) is 16.4. The first kappa shape index (κ1) is 19.1. The maximum Gasteiger partial charge on any atom is 0.207 e. The summed E-state index contributed by atoms with van der Waals surface area (Å²) < 4.78 is 28.3. The molecule has 0 unspecified atom stereocenters. The maximum atomic E-state index is 6.07. The Morgan fingerprint density at radius 2 is 1.70 bits per heavy atom. The first-order valence-electron chi connectivity index (χ1n) is 8.95. The molecule has 2 atom stereocenters. The summed E-state index contributed by atoms with van der Waals surface area (Å²) in [5, 5.41) is 0. The van der Waals surface area contributed by atoms with E-state index in [0.29, 0.717) is 18.1 Å². The lowest BCUT2D eigenvalue weighted by Crippen LogP contribution is -2.20. The van der Waals surface area contributed by atoms with E-state index in [1.807, 2.05) is 43.3 Å². The maximum absolute atomic E-state index is 6.07. The van der Waals surface area contributed by atoms with Crippen LogP contribution in [0.4, 0.5) is 0 Å². The molecule has 0 aliphatic carbocycles. The molecule has 0 spiro atoms. The van der Waals surface area contributed by atoms with Crippen LogP contribution in [-0.4, -0.2) is 27.6 Å². The van der Waals surface area contributed by atoms with Gasteiger partial charge in [0.2, 0.25) is 6.29 Å². The van der Waals surface area contributed by atoms with Crippen LogP contribution in [0.3, 0.4) is 0 Å². The average Bonchev–Trinajstić information content (AvgIpc) is 3.01. The van der Waals surface area contributed by atoms with Crippen molar-refractivity contribution < 1.29 is 23.7 Å². The van der Waals surface area contributed by atoms with Crippen LogP contribution in [0.15, 0.2) is 36.4 Å². The smallest absolute Gasteiger partial charge is 0.207 e. The van der Waals surface area contributed by atoms with Crippen molar-refractivity contribution in [2.45, 2.75) is 32.7 Å². The Morgan fingerprint density at radius 3 is 2.37 bits per heavy atom. The third-order valence-electron chi connectivity index (χ3n) is 4.68. The van der Waals surface area contributed by atoms with Crippen molar-refractivity contribution in [1.82, 2.24) is 0 Å². The van der Waals surface area contributed by atoms with E-state index in [4.69, 9.17) is 23.7 Å². The van der Waals surface area contributed by atoms with E-state index in [2.05, 4.69) is 13.0 Å². The van der Waals surface area contributed by atoms with Crippen molar-refractivity contribution in [1.29, 1.82) is 0 Å². The van der Waals surface area contributed by atoms with Crippen molar-refractivity contribution >= 4 is 6.08 Å². The molecule has 3 rings (SSSR count). The molecular weight excluding hydrogens is 344 g/mol. The van der Waals surface area contributed by atoms with Crippen LogP contribution in [0.1, 0.15) is 36.5 Å². The number of methoxy groups -OCH3 is 3. The zero-order chi connectivity index (χ0) is 19.4. The Labute approximate surface area is 160 Å². The number of ether oxygens (including phenoxy) is 5. The van der Waals surface area contributed by atoms with Crippen molar-refractivity contribution in [3.05, 3.63) is 53.1 Å². The van der Waals surface area contributed by atoms with Crippen LogP contribution in [-0.2, 0) is 11.3 Å². The first-order chi connectivity index (χ1) is 13.1. The molecule has 5 nitrogen and oxygen atoms in total. The zero-order valence-electron chi connectivity index (χ0n) is 16.4. The van der Waals surface area contributed by atoms with Crippen molar-refractivity contribution in [3.8, 4) is 23.0 Å². The molecule has 0 radical (unpaired) electrons. The summed E-state index contributed by atoms with van der Waals surface area (Å²) in [5.41, 5.74) is 3.17. The van der Waals surface area contributed by atoms with Gasteiger partial charge in [0, 0.05) is 11.5 Å². The van der Waals surface area contributed by atoms with Crippen LogP contribution in [0.5, 0.6) is 23.0 Å². The van der Waals surface area contributed by atoms with Gasteiger partial charge in [-0.15, -0.1) is 0 Å². The number of rotatable bonds is 7. The molecule has 27 heavy (non-hydrogen) atoms. The minimum absolute atomic E-state index is 0.0965. The predicted molar refractivity (Wildman–Crippen MR) is 105 cm³/mol. The van der Waals surface area contributed by atoms with Crippen LogP contribution < -0.4 is 18.9 Å². The topological polar surface area (TPSA) is 46.2 Å². The van der Waals surface area contributed by atoms with E-state index in [-0.39, 0.29) is 12.2 Å². The fourth-order valence-electron chi connectivity index (χ4n) is 3.24. The molecule has 5 heteroatoms. The van der Waals surface area contributed by atoms with Gasteiger partial charge in [-0.25, -0.2) is 0 Å². The molecule has 0 amide bonds. The molecule has 0 bridgehead atoms. The van der Waals surface area contributed by atoms with E-state index in [9.17, 15) is 0 Å². The molecule has 0 aromatic heterocycles. The summed E-state index contributed by atoms with van der Waals surface area (Å²) in [6.07, 6.45) is 3.68. The second kappa shape index (κ2) is 8.35. The Balaban J connectivity index is 1.76. The number of allylic oxidation sites excluding steroid dienone is 1. The van der Waals surface area contributed by atoms with Gasteiger partial charge < -0.3 is 23.7 Å². The third-order valence-corrected chi connectivity index (χ3v) is 4.68. The largest absolute Gasteiger partial charge is 0.493 e. The van der Waals surface area contributed by atoms with Crippen LogP contribution in [0.2, 0.25) is 0 Å². The molecule has 1 aliphatic heterocycles. The van der Waals surface area contributed by atoms with E-state index >= 15 is 0 Å². The summed E-state index contributed by atoms with van der Waals surface area (Å²) in [4.78, 5) is 0. The molecule has 1 heterocycles. The van der Waals surface area contributed by atoms with Crippen molar-refractivity contribution in [2.75, 3.05) is 21.3 Å². The van der Waals surface area contributed by atoms with Gasteiger partial charge in [-0.3, -0.25) is 0 Å². The molecule has 2 aromatic rings. The first-order valence-corrected chi connectivity index (χ1v) is 8.95. The van der Waals surface area contributed by atoms with Gasteiger partial charge in [0.05, 0.1) is 27.9 Å². The minimum Gasteiger partial charge on any atom is -0.493 e. The van der Waals surface area contributed by atoms with E-state index < -0.39 is 0 Å². The number of hydrogen-bond acceptors (Lipinski definition) is 5. The lowest BCUT2D eigenvalue weighted by atomic mass is 9.99. The van der Waals surface area contributed by atoms with E-state index in [1.54, 1.807) is 21.3 Å². The van der Waals surface area contributed by atoms with Gasteiger partial charge >= 0.3 is 0 Å². The van der Waals surface area contributed by atoms with Crippen LogP contribution in [0, 0.1) is 0 Å². The lowest BCUT2D eigenvalue weighted by Gasteiger charge is -2.17. The normalized spacial score (nSPS) is 18.3. The molecule has 0 saturated carbocycles. The lowest BCUT2D eigenvalue weighted by molar-refractivity contribution is -0.0882. The molecular formula is C22H26O5. The summed E-state index contributed by atoms with van der Waals surface area (Å²) in [7, 11) is 4.89. The van der Waals surface area contributed by atoms with E-state index in [0.717, 1.165) is 28.2 Å². The Hall–Kier alpha value is -2.66. The highest BCUT2D eigenvalue weighted by molar-refractivity contribution is 5.61. The minimum atomic E-state index is -0.372. The summed E-state index contributed by atoms with van der Waals surface area (Å²) in [5.74, 6) is 2.96. The molecule has 0 fully saturated rings. The number of hydrogen-bond donors (Lipinski definition) is 0. The average molecular weight is 370 g/mol.